The van der Waals surface area contributed by atoms with Crippen LogP contribution in [0.15, 0.2) is 30.3 Å². The van der Waals surface area contributed by atoms with Gasteiger partial charge >= 0.3 is 5.97 Å². The van der Waals surface area contributed by atoms with E-state index in [-0.39, 0.29) is 24.0 Å². The maximum atomic E-state index is 11.8. The zero-order valence-electron chi connectivity index (χ0n) is 14.3. The van der Waals surface area contributed by atoms with Gasteiger partial charge in [0.1, 0.15) is 0 Å². The molecule has 0 spiro atoms. The van der Waals surface area contributed by atoms with Crippen molar-refractivity contribution in [3.63, 3.8) is 0 Å². The summed E-state index contributed by atoms with van der Waals surface area (Å²) < 4.78 is 11.5. The molecular formula is C18H25NO5. The summed E-state index contributed by atoms with van der Waals surface area (Å²) in [7, 11) is 0. The molecule has 6 nitrogen and oxygen atoms in total. The molecule has 1 aromatic rings. The predicted octanol–water partition coefficient (Wildman–Crippen LogP) is 2.44. The van der Waals surface area contributed by atoms with Crippen molar-refractivity contribution in [1.82, 2.24) is 5.32 Å². The van der Waals surface area contributed by atoms with E-state index in [0.29, 0.717) is 12.1 Å². The van der Waals surface area contributed by atoms with Crippen LogP contribution in [0.25, 0.3) is 0 Å². The average Bonchev–Trinajstić information content (AvgIpc) is 3.04. The van der Waals surface area contributed by atoms with Gasteiger partial charge in [-0.1, -0.05) is 18.2 Å². The number of benzene rings is 1. The van der Waals surface area contributed by atoms with E-state index in [0.717, 1.165) is 12.8 Å². The van der Waals surface area contributed by atoms with Crippen LogP contribution in [0.3, 0.4) is 0 Å². The first-order valence-electron chi connectivity index (χ1n) is 8.25. The summed E-state index contributed by atoms with van der Waals surface area (Å²) >= 11 is 0. The van der Waals surface area contributed by atoms with Crippen LogP contribution in [0.4, 0.5) is 0 Å². The van der Waals surface area contributed by atoms with Crippen molar-refractivity contribution >= 4 is 11.9 Å². The Morgan fingerprint density at radius 3 is 2.42 bits per heavy atom. The minimum absolute atomic E-state index is 0.0308. The van der Waals surface area contributed by atoms with Crippen molar-refractivity contribution in [3.8, 4) is 0 Å². The first kappa shape index (κ1) is 18.4. The van der Waals surface area contributed by atoms with Crippen LogP contribution >= 0.6 is 0 Å². The number of nitrogens with one attached hydrogen (secondary N) is 1. The van der Waals surface area contributed by atoms with Crippen LogP contribution in [0, 0.1) is 5.92 Å². The van der Waals surface area contributed by atoms with Gasteiger partial charge in [0.2, 0.25) is 5.91 Å². The van der Waals surface area contributed by atoms with Crippen molar-refractivity contribution in [3.05, 3.63) is 35.9 Å². The highest BCUT2D eigenvalue weighted by molar-refractivity contribution is 5.87. The fraction of sp³-hybridized carbons (Fsp3) is 0.556. The maximum absolute atomic E-state index is 11.8. The van der Waals surface area contributed by atoms with Crippen LogP contribution in [0.2, 0.25) is 0 Å². The quantitative estimate of drug-likeness (QED) is 0.886. The molecule has 0 bridgehead atoms. The number of aromatic carboxylic acids is 1. The van der Waals surface area contributed by atoms with Gasteiger partial charge in [-0.3, -0.25) is 4.79 Å². The molecule has 3 rings (SSSR count). The number of rotatable bonds is 3. The summed E-state index contributed by atoms with van der Waals surface area (Å²) in [6.45, 7) is 6.41. The lowest BCUT2D eigenvalue weighted by Gasteiger charge is -2.21. The largest absolute Gasteiger partial charge is 0.478 e. The Bertz CT molecular complexity index is 572. The first-order chi connectivity index (χ1) is 11.3. The third-order valence-corrected chi connectivity index (χ3v) is 4.09. The number of carboxylic acid groups (broad SMARTS) is 1. The minimum Gasteiger partial charge on any atom is -0.478 e. The molecule has 1 aliphatic heterocycles. The van der Waals surface area contributed by atoms with Crippen LogP contribution in [-0.4, -0.2) is 41.5 Å². The molecule has 1 aromatic carbocycles. The highest BCUT2D eigenvalue weighted by Gasteiger charge is 2.51. The number of amides is 1. The Hall–Kier alpha value is -1.92. The molecule has 3 atom stereocenters. The zero-order valence-corrected chi connectivity index (χ0v) is 14.3. The topological polar surface area (TPSA) is 84.9 Å². The Labute approximate surface area is 142 Å². The normalized spacial score (nSPS) is 26.9. The van der Waals surface area contributed by atoms with Crippen molar-refractivity contribution in [2.45, 2.75) is 51.6 Å². The molecule has 132 valence electrons. The van der Waals surface area contributed by atoms with Gasteiger partial charge < -0.3 is 19.9 Å². The van der Waals surface area contributed by atoms with Gasteiger partial charge in [-0.25, -0.2) is 4.79 Å². The molecule has 0 aromatic heterocycles. The van der Waals surface area contributed by atoms with E-state index in [1.165, 1.54) is 0 Å². The number of hydrogen-bond acceptors (Lipinski definition) is 4. The van der Waals surface area contributed by atoms with Gasteiger partial charge in [-0.15, -0.1) is 0 Å². The van der Waals surface area contributed by atoms with E-state index in [9.17, 15) is 9.59 Å². The molecule has 2 fully saturated rings. The van der Waals surface area contributed by atoms with Crippen molar-refractivity contribution in [1.29, 1.82) is 0 Å². The molecule has 2 aliphatic rings. The van der Waals surface area contributed by atoms with E-state index in [1.807, 2.05) is 20.8 Å². The molecule has 1 saturated heterocycles. The summed E-state index contributed by atoms with van der Waals surface area (Å²) in [5.74, 6) is -1.33. The summed E-state index contributed by atoms with van der Waals surface area (Å²) in [6.07, 6.45) is 1.85. The van der Waals surface area contributed by atoms with Crippen LogP contribution in [0.5, 0.6) is 0 Å². The third kappa shape index (κ3) is 4.55. The van der Waals surface area contributed by atoms with E-state index in [1.54, 1.807) is 30.3 Å². The van der Waals surface area contributed by atoms with Gasteiger partial charge in [0, 0.05) is 6.54 Å². The van der Waals surface area contributed by atoms with Crippen LogP contribution in [-0.2, 0) is 14.3 Å². The summed E-state index contributed by atoms with van der Waals surface area (Å²) in [5, 5.41) is 11.2. The molecule has 1 saturated carbocycles. The average molecular weight is 335 g/mol. The summed E-state index contributed by atoms with van der Waals surface area (Å²) in [4.78, 5) is 22.0. The first-order valence-corrected chi connectivity index (χ1v) is 8.25. The fourth-order valence-corrected chi connectivity index (χ4v) is 3.10. The van der Waals surface area contributed by atoms with E-state index in [4.69, 9.17) is 14.6 Å². The second-order valence-electron chi connectivity index (χ2n) is 6.39. The number of carboxylic acids is 1. The highest BCUT2D eigenvalue weighted by Crippen LogP contribution is 2.41. The number of fused-ring (bicyclic) bond motifs is 1. The lowest BCUT2D eigenvalue weighted by Crippen LogP contribution is -2.37. The number of carbonyl (C=O) groups excluding carboxylic acids is 1. The van der Waals surface area contributed by atoms with E-state index < -0.39 is 11.8 Å². The smallest absolute Gasteiger partial charge is 0.335 e. The highest BCUT2D eigenvalue weighted by atomic mass is 16.8. The second-order valence-corrected chi connectivity index (χ2v) is 6.39. The lowest BCUT2D eigenvalue weighted by atomic mass is 10.0. The molecule has 6 heteroatoms. The number of carbonyl (C=O) groups is 2. The second kappa shape index (κ2) is 7.77. The molecule has 1 aliphatic carbocycles. The SMILES string of the molecule is CCNC(=O)C1CCC2OC(C)(C)OC21.O=C(O)c1ccccc1. The van der Waals surface area contributed by atoms with Gasteiger partial charge in [-0.2, -0.15) is 0 Å². The Morgan fingerprint density at radius 2 is 1.88 bits per heavy atom. The zero-order chi connectivity index (χ0) is 17.7. The van der Waals surface area contributed by atoms with Gasteiger partial charge in [0.25, 0.3) is 0 Å². The van der Waals surface area contributed by atoms with Crippen molar-refractivity contribution in [2.75, 3.05) is 6.54 Å². The van der Waals surface area contributed by atoms with Crippen molar-refractivity contribution in [2.24, 2.45) is 5.92 Å². The van der Waals surface area contributed by atoms with Crippen molar-refractivity contribution < 1.29 is 24.2 Å². The third-order valence-electron chi connectivity index (χ3n) is 4.09. The van der Waals surface area contributed by atoms with Gasteiger partial charge in [-0.05, 0) is 45.7 Å². The molecule has 24 heavy (non-hydrogen) atoms. The monoisotopic (exact) mass is 335 g/mol. The fourth-order valence-electron chi connectivity index (χ4n) is 3.10. The molecule has 0 radical (unpaired) electrons. The molecule has 3 unspecified atom stereocenters. The van der Waals surface area contributed by atoms with Gasteiger partial charge in [0.15, 0.2) is 5.79 Å². The maximum Gasteiger partial charge on any atom is 0.335 e. The molecular weight excluding hydrogens is 310 g/mol. The molecule has 2 N–H and O–H groups in total. The summed E-state index contributed by atoms with van der Waals surface area (Å²) in [6, 6.07) is 8.30. The van der Waals surface area contributed by atoms with Crippen LogP contribution in [0.1, 0.15) is 44.0 Å². The predicted molar refractivity (Wildman–Crippen MR) is 88.6 cm³/mol. The Balaban J connectivity index is 0.000000198. The minimum atomic E-state index is -0.879. The molecule has 1 heterocycles. The number of ether oxygens (including phenoxy) is 2. The van der Waals surface area contributed by atoms with E-state index in [2.05, 4.69) is 5.32 Å². The standard InChI is InChI=1S/C11H19NO3.C7H6O2/c1-4-12-10(13)7-5-6-8-9(7)15-11(2,3)14-8;8-7(9)6-4-2-1-3-5-6/h7-9H,4-6H2,1-3H3,(H,12,13);1-5H,(H,8,9). The molecule has 1 amide bonds. The lowest BCUT2D eigenvalue weighted by molar-refractivity contribution is -0.159. The van der Waals surface area contributed by atoms with E-state index >= 15 is 0 Å². The summed E-state index contributed by atoms with van der Waals surface area (Å²) in [5.41, 5.74) is 0.331. The van der Waals surface area contributed by atoms with Gasteiger partial charge in [0.05, 0.1) is 23.7 Å². The Kier molecular flexibility index (Phi) is 5.96. The Morgan fingerprint density at radius 1 is 1.21 bits per heavy atom. The number of hydrogen-bond donors (Lipinski definition) is 2. The van der Waals surface area contributed by atoms with Crippen LogP contribution < -0.4 is 5.32 Å².